The lowest BCUT2D eigenvalue weighted by atomic mass is 9.99. The van der Waals surface area contributed by atoms with Crippen molar-refractivity contribution in [2.75, 3.05) is 18.9 Å². The molecule has 0 amide bonds. The molecule has 1 fully saturated rings. The van der Waals surface area contributed by atoms with Crippen LogP contribution in [0.3, 0.4) is 0 Å². The Balaban J connectivity index is 1.94. The maximum Gasteiger partial charge on any atom is 0.470 e. The van der Waals surface area contributed by atoms with E-state index in [1.807, 2.05) is 0 Å². The Morgan fingerprint density at radius 2 is 1.77 bits per heavy atom. The van der Waals surface area contributed by atoms with Gasteiger partial charge in [0.15, 0.2) is 6.10 Å². The molecule has 1 saturated heterocycles. The van der Waals surface area contributed by atoms with Crippen molar-refractivity contribution in [1.29, 1.82) is 0 Å². The first kappa shape index (κ1) is 27.0. The van der Waals surface area contributed by atoms with E-state index in [0.29, 0.717) is 5.56 Å². The summed E-state index contributed by atoms with van der Waals surface area (Å²) in [5.74, 6) is -0.855. The number of para-hydroxylation sites is 1. The average Bonchev–Trinajstić information content (AvgIpc) is 2.82. The minimum atomic E-state index is -5.21. The topological polar surface area (TPSA) is 224 Å². The lowest BCUT2D eigenvalue weighted by molar-refractivity contribution is -0.273. The highest BCUT2D eigenvalue weighted by atomic mass is 31.2. The average molecular weight is 514 g/mol. The molecule has 9 N–H and O–H groups in total. The number of esters is 1. The SMILES string of the molecule is NC[C@H](O)c1ccc(O[C@@H]2O[C@H](CO)[C@@H](O)[C@H](OP(=O)(O)O)[C@H]2OC(=O)c2ccccc2N)cc1. The van der Waals surface area contributed by atoms with Gasteiger partial charge in [0.05, 0.1) is 18.3 Å². The second kappa shape index (κ2) is 11.4. The smallest absolute Gasteiger partial charge is 0.461 e. The molecule has 192 valence electrons. The van der Waals surface area contributed by atoms with Gasteiger partial charge in [-0.05, 0) is 29.8 Å². The number of hydrogen-bond donors (Lipinski definition) is 7. The van der Waals surface area contributed by atoms with Crippen molar-refractivity contribution in [3.63, 3.8) is 0 Å². The number of carbonyl (C=O) groups excluding carboxylic acids is 1. The second-order valence-electron chi connectivity index (χ2n) is 7.67. The number of ether oxygens (including phenoxy) is 3. The predicted molar refractivity (Wildman–Crippen MR) is 120 cm³/mol. The zero-order chi connectivity index (χ0) is 25.8. The molecule has 0 aliphatic carbocycles. The Labute approximate surface area is 200 Å². The Hall–Kier alpha value is -2.58. The molecule has 1 heterocycles. The highest BCUT2D eigenvalue weighted by molar-refractivity contribution is 7.46. The van der Waals surface area contributed by atoms with Gasteiger partial charge in [0, 0.05) is 12.2 Å². The Morgan fingerprint density at radius 3 is 2.34 bits per heavy atom. The van der Waals surface area contributed by atoms with E-state index in [4.69, 9.17) is 30.2 Å². The van der Waals surface area contributed by atoms with E-state index in [0.717, 1.165) is 0 Å². The number of aliphatic hydroxyl groups is 3. The quantitative estimate of drug-likeness (QED) is 0.126. The molecule has 0 aromatic heterocycles. The summed E-state index contributed by atoms with van der Waals surface area (Å²) >= 11 is 0. The van der Waals surface area contributed by atoms with Crippen molar-refractivity contribution in [1.82, 2.24) is 0 Å². The third-order valence-electron chi connectivity index (χ3n) is 5.22. The summed E-state index contributed by atoms with van der Waals surface area (Å²) in [5, 5.41) is 30.0. The fourth-order valence-corrected chi connectivity index (χ4v) is 4.01. The largest absolute Gasteiger partial charge is 0.470 e. The summed E-state index contributed by atoms with van der Waals surface area (Å²) in [6, 6.07) is 11.8. The molecule has 13 nitrogen and oxygen atoms in total. The summed E-state index contributed by atoms with van der Waals surface area (Å²) in [4.78, 5) is 31.6. The van der Waals surface area contributed by atoms with Crippen LogP contribution in [-0.2, 0) is 18.6 Å². The predicted octanol–water partition coefficient (Wildman–Crippen LogP) is -0.579. The van der Waals surface area contributed by atoms with E-state index >= 15 is 0 Å². The van der Waals surface area contributed by atoms with Crippen LogP contribution in [0.4, 0.5) is 5.69 Å². The molecule has 1 aliphatic heterocycles. The summed E-state index contributed by atoms with van der Waals surface area (Å²) in [6.07, 6.45) is -9.24. The van der Waals surface area contributed by atoms with Crippen molar-refractivity contribution in [2.24, 2.45) is 5.73 Å². The zero-order valence-electron chi connectivity index (χ0n) is 18.3. The molecule has 0 unspecified atom stereocenters. The van der Waals surface area contributed by atoms with Crippen LogP contribution in [0.5, 0.6) is 5.75 Å². The number of benzene rings is 2. The molecular weight excluding hydrogens is 487 g/mol. The highest BCUT2D eigenvalue weighted by Crippen LogP contribution is 2.42. The lowest BCUT2D eigenvalue weighted by Gasteiger charge is -2.42. The van der Waals surface area contributed by atoms with Crippen LogP contribution in [0.1, 0.15) is 22.0 Å². The summed E-state index contributed by atoms with van der Waals surface area (Å²) in [7, 11) is -5.21. The van der Waals surface area contributed by atoms with E-state index in [1.54, 1.807) is 6.07 Å². The van der Waals surface area contributed by atoms with Gasteiger partial charge in [0.25, 0.3) is 0 Å². The Kier molecular flexibility index (Phi) is 8.83. The highest BCUT2D eigenvalue weighted by Gasteiger charge is 2.51. The van der Waals surface area contributed by atoms with E-state index in [9.17, 15) is 34.5 Å². The number of phosphoric acid groups is 1. The summed E-state index contributed by atoms with van der Waals surface area (Å²) < 4.78 is 33.0. The zero-order valence-corrected chi connectivity index (χ0v) is 19.2. The van der Waals surface area contributed by atoms with Crippen molar-refractivity contribution in [2.45, 2.75) is 36.8 Å². The molecule has 0 radical (unpaired) electrons. The fourth-order valence-electron chi connectivity index (χ4n) is 3.45. The molecule has 14 heteroatoms. The van der Waals surface area contributed by atoms with Crippen molar-refractivity contribution < 1.29 is 53.2 Å². The van der Waals surface area contributed by atoms with Crippen LogP contribution >= 0.6 is 7.82 Å². The molecule has 0 saturated carbocycles. The van der Waals surface area contributed by atoms with E-state index in [2.05, 4.69) is 0 Å². The number of phosphoric ester groups is 1. The molecule has 35 heavy (non-hydrogen) atoms. The molecule has 2 aromatic carbocycles. The molecule has 0 spiro atoms. The number of carbonyl (C=O) groups is 1. The maximum absolute atomic E-state index is 12.8. The van der Waals surface area contributed by atoms with Gasteiger partial charge in [0.1, 0.15) is 24.1 Å². The van der Waals surface area contributed by atoms with Gasteiger partial charge in [-0.25, -0.2) is 9.36 Å². The minimum Gasteiger partial charge on any atom is -0.461 e. The van der Waals surface area contributed by atoms with Crippen molar-refractivity contribution in [3.8, 4) is 5.75 Å². The fraction of sp³-hybridized carbons (Fsp3) is 0.381. The standard InChI is InChI=1S/C21H27N2O11P/c22-9-15(25)11-5-7-12(8-6-11)31-21-19(33-20(27)13-3-1-2-4-14(13)23)18(34-35(28,29)30)17(26)16(10-24)32-21/h1-8,15-19,21,24-26H,9-10,22-23H2,(H2,28,29,30)/t15-,16+,17+,18-,19+,21+/m0/s1. The Morgan fingerprint density at radius 1 is 1.11 bits per heavy atom. The van der Waals surface area contributed by atoms with Gasteiger partial charge < -0.3 is 50.8 Å². The van der Waals surface area contributed by atoms with Crippen molar-refractivity contribution in [3.05, 3.63) is 59.7 Å². The first-order valence-corrected chi connectivity index (χ1v) is 12.0. The number of nitrogen functional groups attached to an aromatic ring is 1. The monoisotopic (exact) mass is 514 g/mol. The number of aliphatic hydroxyl groups excluding tert-OH is 3. The summed E-state index contributed by atoms with van der Waals surface area (Å²) in [6.45, 7) is -0.778. The Bertz CT molecular complexity index is 1050. The van der Waals surface area contributed by atoms with Crippen LogP contribution in [0.15, 0.2) is 48.5 Å². The number of rotatable bonds is 9. The van der Waals surface area contributed by atoms with E-state index < -0.39 is 57.2 Å². The molecule has 6 atom stereocenters. The van der Waals surface area contributed by atoms with Gasteiger partial charge in [-0.2, -0.15) is 0 Å². The van der Waals surface area contributed by atoms with Gasteiger partial charge in [-0.3, -0.25) is 4.52 Å². The first-order valence-electron chi connectivity index (χ1n) is 10.4. The van der Waals surface area contributed by atoms with Crippen LogP contribution in [0, 0.1) is 0 Å². The number of hydrogen-bond acceptors (Lipinski definition) is 11. The van der Waals surface area contributed by atoms with Crippen LogP contribution in [0.2, 0.25) is 0 Å². The number of anilines is 1. The minimum absolute atomic E-state index is 0.00988. The van der Waals surface area contributed by atoms with Crippen LogP contribution in [-0.4, -0.2) is 74.9 Å². The van der Waals surface area contributed by atoms with Crippen LogP contribution in [0.25, 0.3) is 0 Å². The van der Waals surface area contributed by atoms with E-state index in [1.165, 1.54) is 42.5 Å². The van der Waals surface area contributed by atoms with Crippen molar-refractivity contribution >= 4 is 19.5 Å². The molecule has 0 bridgehead atoms. The third kappa shape index (κ3) is 6.76. The third-order valence-corrected chi connectivity index (χ3v) is 5.74. The second-order valence-corrected chi connectivity index (χ2v) is 8.86. The van der Waals surface area contributed by atoms with Gasteiger partial charge in [0.2, 0.25) is 6.29 Å². The normalized spacial score (nSPS) is 25.6. The van der Waals surface area contributed by atoms with Gasteiger partial charge in [-0.15, -0.1) is 0 Å². The molecule has 3 rings (SSSR count). The lowest BCUT2D eigenvalue weighted by Crippen LogP contribution is -2.62. The first-order chi connectivity index (χ1) is 16.5. The molecule has 2 aromatic rings. The molecular formula is C21H27N2O11P. The van der Waals surface area contributed by atoms with Gasteiger partial charge in [-0.1, -0.05) is 24.3 Å². The summed E-state index contributed by atoms with van der Waals surface area (Å²) in [5.41, 5.74) is 11.8. The maximum atomic E-state index is 12.8. The van der Waals surface area contributed by atoms with Crippen LogP contribution < -0.4 is 16.2 Å². The number of nitrogens with two attached hydrogens (primary N) is 2. The van der Waals surface area contributed by atoms with Gasteiger partial charge >= 0.3 is 13.8 Å². The molecule has 1 aliphatic rings. The van der Waals surface area contributed by atoms with E-state index in [-0.39, 0.29) is 23.5 Å².